The van der Waals surface area contributed by atoms with Crippen molar-refractivity contribution in [2.75, 3.05) is 5.73 Å². The number of aryl methyl sites for hydroxylation is 2. The van der Waals surface area contributed by atoms with Crippen molar-refractivity contribution in [2.45, 2.75) is 26.8 Å². The van der Waals surface area contributed by atoms with E-state index >= 15 is 0 Å². The molecule has 1 aromatic heterocycles. The highest BCUT2D eigenvalue weighted by atomic mass is 15.4. The Morgan fingerprint density at radius 3 is 2.50 bits per heavy atom. The van der Waals surface area contributed by atoms with Crippen LogP contribution in [0, 0.1) is 0 Å². The maximum atomic E-state index is 5.66. The van der Waals surface area contributed by atoms with E-state index in [0.29, 0.717) is 5.82 Å². The van der Waals surface area contributed by atoms with Crippen LogP contribution in [0.25, 0.3) is 0 Å². The summed E-state index contributed by atoms with van der Waals surface area (Å²) >= 11 is 0. The van der Waals surface area contributed by atoms with Crippen molar-refractivity contribution < 1.29 is 0 Å². The lowest BCUT2D eigenvalue weighted by molar-refractivity contribution is 0.634. The molecule has 10 heavy (non-hydrogen) atoms. The number of rotatable bonds is 2. The molecule has 1 rings (SSSR count). The largest absolute Gasteiger partial charge is 0.382 e. The summed E-state index contributed by atoms with van der Waals surface area (Å²) in [7, 11) is 0. The number of nitrogen functional groups attached to an aromatic ring is 1. The molecular formula is C6H12N4. The van der Waals surface area contributed by atoms with Crippen LogP contribution < -0.4 is 5.73 Å². The molecule has 4 heteroatoms. The first-order valence-corrected chi connectivity index (χ1v) is 3.47. The first-order valence-electron chi connectivity index (χ1n) is 3.47. The van der Waals surface area contributed by atoms with E-state index in [0.717, 1.165) is 18.7 Å². The Morgan fingerprint density at radius 2 is 2.20 bits per heavy atom. The Balaban J connectivity index is 2.97. The minimum absolute atomic E-state index is 0.699. The molecule has 0 bridgehead atoms. The molecule has 0 amide bonds. The predicted octanol–water partition coefficient (Wildman–Crippen LogP) is 0.443. The fourth-order valence-corrected chi connectivity index (χ4v) is 0.842. The van der Waals surface area contributed by atoms with E-state index in [-0.39, 0.29) is 0 Å². The van der Waals surface area contributed by atoms with E-state index in [9.17, 15) is 0 Å². The van der Waals surface area contributed by atoms with Gasteiger partial charge in [-0.25, -0.2) is 4.68 Å². The Labute approximate surface area is 60.0 Å². The summed E-state index contributed by atoms with van der Waals surface area (Å²) < 4.78 is 1.69. The third-order valence-electron chi connectivity index (χ3n) is 1.48. The third-order valence-corrected chi connectivity index (χ3v) is 1.48. The lowest BCUT2D eigenvalue weighted by Crippen LogP contribution is -2.02. The normalized spacial score (nSPS) is 10.2. The molecular weight excluding hydrogens is 128 g/mol. The van der Waals surface area contributed by atoms with Gasteiger partial charge in [-0.3, -0.25) is 0 Å². The molecule has 0 radical (unpaired) electrons. The summed E-state index contributed by atoms with van der Waals surface area (Å²) in [5.41, 5.74) is 6.55. The second-order valence-electron chi connectivity index (χ2n) is 2.09. The average molecular weight is 140 g/mol. The highest BCUT2D eigenvalue weighted by Gasteiger charge is 2.03. The molecule has 1 heterocycles. The molecule has 0 fully saturated rings. The molecule has 0 aliphatic heterocycles. The first-order chi connectivity index (χ1) is 4.79. The van der Waals surface area contributed by atoms with Gasteiger partial charge in [0.05, 0.1) is 0 Å². The Bertz CT molecular complexity index is 194. The Kier molecular flexibility index (Phi) is 1.89. The molecule has 0 unspecified atom stereocenters. The van der Waals surface area contributed by atoms with E-state index < -0.39 is 0 Å². The summed E-state index contributed by atoms with van der Waals surface area (Å²) in [5.74, 6) is 0.699. The number of anilines is 1. The van der Waals surface area contributed by atoms with Gasteiger partial charge in [-0.1, -0.05) is 12.1 Å². The van der Waals surface area contributed by atoms with E-state index in [1.165, 1.54) is 0 Å². The SMILES string of the molecule is CCc1nnn(CC)c1N. The van der Waals surface area contributed by atoms with Crippen molar-refractivity contribution in [3.8, 4) is 0 Å². The molecule has 0 saturated carbocycles. The summed E-state index contributed by atoms with van der Waals surface area (Å²) in [5, 5.41) is 7.74. The van der Waals surface area contributed by atoms with Crippen LogP contribution in [-0.2, 0) is 13.0 Å². The van der Waals surface area contributed by atoms with Gasteiger partial charge in [0.1, 0.15) is 11.5 Å². The Hall–Kier alpha value is -1.06. The molecule has 0 spiro atoms. The standard InChI is InChI=1S/C6H12N4/c1-3-5-6(7)10(4-2)9-8-5/h3-4,7H2,1-2H3. The minimum atomic E-state index is 0.699. The topological polar surface area (TPSA) is 56.7 Å². The van der Waals surface area contributed by atoms with Gasteiger partial charge in [-0.15, -0.1) is 5.10 Å². The molecule has 2 N–H and O–H groups in total. The minimum Gasteiger partial charge on any atom is -0.382 e. The number of hydrogen-bond donors (Lipinski definition) is 1. The maximum Gasteiger partial charge on any atom is 0.145 e. The average Bonchev–Trinajstić information content (AvgIpc) is 2.30. The van der Waals surface area contributed by atoms with Crippen molar-refractivity contribution in [2.24, 2.45) is 0 Å². The molecule has 0 atom stereocenters. The van der Waals surface area contributed by atoms with Gasteiger partial charge >= 0.3 is 0 Å². The quantitative estimate of drug-likeness (QED) is 0.648. The van der Waals surface area contributed by atoms with Gasteiger partial charge in [0.25, 0.3) is 0 Å². The van der Waals surface area contributed by atoms with Gasteiger partial charge < -0.3 is 5.73 Å². The molecule has 0 saturated heterocycles. The molecule has 56 valence electrons. The summed E-state index contributed by atoms with van der Waals surface area (Å²) in [6.07, 6.45) is 0.853. The number of hydrogen-bond acceptors (Lipinski definition) is 3. The fourth-order valence-electron chi connectivity index (χ4n) is 0.842. The maximum absolute atomic E-state index is 5.66. The van der Waals surface area contributed by atoms with Crippen LogP contribution in [-0.4, -0.2) is 15.0 Å². The van der Waals surface area contributed by atoms with Crippen LogP contribution in [0.5, 0.6) is 0 Å². The van der Waals surface area contributed by atoms with Crippen LogP contribution in [0.15, 0.2) is 0 Å². The zero-order valence-corrected chi connectivity index (χ0v) is 6.33. The zero-order valence-electron chi connectivity index (χ0n) is 6.33. The number of nitrogens with zero attached hydrogens (tertiary/aromatic N) is 3. The van der Waals surface area contributed by atoms with Crippen molar-refractivity contribution in [1.82, 2.24) is 15.0 Å². The zero-order chi connectivity index (χ0) is 7.56. The van der Waals surface area contributed by atoms with Crippen LogP contribution in [0.2, 0.25) is 0 Å². The first kappa shape index (κ1) is 7.05. The van der Waals surface area contributed by atoms with Crippen molar-refractivity contribution in [1.29, 1.82) is 0 Å². The van der Waals surface area contributed by atoms with E-state index in [1.54, 1.807) is 4.68 Å². The van der Waals surface area contributed by atoms with Gasteiger partial charge in [0, 0.05) is 6.54 Å². The van der Waals surface area contributed by atoms with Crippen molar-refractivity contribution >= 4 is 5.82 Å². The molecule has 0 aliphatic rings. The number of aromatic nitrogens is 3. The van der Waals surface area contributed by atoms with E-state index in [1.807, 2.05) is 13.8 Å². The Morgan fingerprint density at radius 1 is 1.50 bits per heavy atom. The molecule has 0 aliphatic carbocycles. The molecule has 4 nitrogen and oxygen atoms in total. The van der Waals surface area contributed by atoms with E-state index in [4.69, 9.17) is 5.73 Å². The van der Waals surface area contributed by atoms with Gasteiger partial charge in [-0.2, -0.15) is 0 Å². The monoisotopic (exact) mass is 140 g/mol. The van der Waals surface area contributed by atoms with Crippen LogP contribution in [0.3, 0.4) is 0 Å². The second kappa shape index (κ2) is 2.68. The highest BCUT2D eigenvalue weighted by molar-refractivity contribution is 5.33. The highest BCUT2D eigenvalue weighted by Crippen LogP contribution is 2.06. The van der Waals surface area contributed by atoms with Crippen LogP contribution >= 0.6 is 0 Å². The lowest BCUT2D eigenvalue weighted by atomic mass is 10.3. The van der Waals surface area contributed by atoms with Crippen LogP contribution in [0.1, 0.15) is 19.5 Å². The van der Waals surface area contributed by atoms with Crippen molar-refractivity contribution in [3.05, 3.63) is 5.69 Å². The van der Waals surface area contributed by atoms with E-state index in [2.05, 4.69) is 10.3 Å². The summed E-state index contributed by atoms with van der Waals surface area (Å²) in [6, 6.07) is 0. The lowest BCUT2D eigenvalue weighted by Gasteiger charge is -1.95. The third kappa shape index (κ3) is 0.964. The second-order valence-corrected chi connectivity index (χ2v) is 2.09. The molecule has 1 aromatic rings. The van der Waals surface area contributed by atoms with Crippen molar-refractivity contribution in [3.63, 3.8) is 0 Å². The molecule has 0 aromatic carbocycles. The summed E-state index contributed by atoms with van der Waals surface area (Å²) in [6.45, 7) is 4.80. The van der Waals surface area contributed by atoms with Crippen LogP contribution in [0.4, 0.5) is 5.82 Å². The van der Waals surface area contributed by atoms with Gasteiger partial charge in [0.15, 0.2) is 0 Å². The smallest absolute Gasteiger partial charge is 0.145 e. The fraction of sp³-hybridized carbons (Fsp3) is 0.667. The summed E-state index contributed by atoms with van der Waals surface area (Å²) in [4.78, 5) is 0. The predicted molar refractivity (Wildman–Crippen MR) is 39.5 cm³/mol. The van der Waals surface area contributed by atoms with Gasteiger partial charge in [0.2, 0.25) is 0 Å². The van der Waals surface area contributed by atoms with Gasteiger partial charge in [-0.05, 0) is 13.3 Å². The number of nitrogens with two attached hydrogens (primary N) is 1.